The van der Waals surface area contributed by atoms with E-state index >= 15 is 0 Å². The molecule has 5 nitrogen and oxygen atoms in total. The molecule has 2 rings (SSSR count). The largest absolute Gasteiger partial charge is 0.507 e. The summed E-state index contributed by atoms with van der Waals surface area (Å²) in [5, 5.41) is 11.1. The van der Waals surface area contributed by atoms with E-state index in [-0.39, 0.29) is 35.0 Å². The standard InChI is InChI=1S/C23H24F2O5/c1-14(2)5-7-18-20(30-13-28-3)12-21(29-4)22(23(18)27)17(9-10-26)16-8-6-15(24)11-19(16)25/h5-6,8-12,27H,7,13H2,1-4H3/b17-9+. The number of aromatic hydroxyl groups is 1. The lowest BCUT2D eigenvalue weighted by molar-refractivity contribution is -0.104. The van der Waals surface area contributed by atoms with E-state index in [0.29, 0.717) is 30.1 Å². The third-order valence-corrected chi connectivity index (χ3v) is 4.32. The number of hydrogen-bond donors (Lipinski definition) is 1. The Kier molecular flexibility index (Phi) is 8.12. The molecule has 0 fully saturated rings. The minimum Gasteiger partial charge on any atom is -0.507 e. The second kappa shape index (κ2) is 10.5. The molecule has 0 saturated heterocycles. The van der Waals surface area contributed by atoms with Crippen LogP contribution in [0.1, 0.15) is 30.5 Å². The summed E-state index contributed by atoms with van der Waals surface area (Å²) in [6.07, 6.45) is 3.74. The smallest absolute Gasteiger partial charge is 0.188 e. The van der Waals surface area contributed by atoms with Gasteiger partial charge < -0.3 is 19.3 Å². The van der Waals surface area contributed by atoms with Gasteiger partial charge in [0.1, 0.15) is 35.2 Å². The maximum atomic E-state index is 14.5. The molecule has 0 aliphatic rings. The molecule has 0 amide bonds. The second-order valence-electron chi connectivity index (χ2n) is 6.66. The van der Waals surface area contributed by atoms with Crippen LogP contribution in [0.4, 0.5) is 8.78 Å². The lowest BCUT2D eigenvalue weighted by Crippen LogP contribution is -2.05. The Morgan fingerprint density at radius 1 is 1.13 bits per heavy atom. The number of rotatable bonds is 9. The molecule has 2 aromatic rings. The van der Waals surface area contributed by atoms with Gasteiger partial charge in [-0.2, -0.15) is 0 Å². The van der Waals surface area contributed by atoms with Gasteiger partial charge in [0.05, 0.1) is 12.7 Å². The number of allylic oxidation sites excluding steroid dienone is 3. The summed E-state index contributed by atoms with van der Waals surface area (Å²) in [4.78, 5) is 11.3. The van der Waals surface area contributed by atoms with Crippen molar-refractivity contribution in [2.75, 3.05) is 21.0 Å². The van der Waals surface area contributed by atoms with Crippen LogP contribution in [0.15, 0.2) is 42.0 Å². The molecular weight excluding hydrogens is 394 g/mol. The third kappa shape index (κ3) is 5.24. The molecule has 0 atom stereocenters. The predicted octanol–water partition coefficient (Wildman–Crippen LogP) is 4.80. The predicted molar refractivity (Wildman–Crippen MR) is 110 cm³/mol. The molecule has 0 bridgehead atoms. The van der Waals surface area contributed by atoms with Gasteiger partial charge >= 0.3 is 0 Å². The number of halogens is 2. The molecule has 0 unspecified atom stereocenters. The van der Waals surface area contributed by atoms with Gasteiger partial charge in [-0.1, -0.05) is 11.6 Å². The molecular formula is C23H24F2O5. The van der Waals surface area contributed by atoms with E-state index in [2.05, 4.69) is 0 Å². The minimum atomic E-state index is -0.880. The summed E-state index contributed by atoms with van der Waals surface area (Å²) in [5.74, 6) is -1.41. The number of aldehydes is 1. The zero-order valence-electron chi connectivity index (χ0n) is 17.3. The Hall–Kier alpha value is -3.19. The first-order valence-electron chi connectivity index (χ1n) is 9.13. The Labute approximate surface area is 174 Å². The molecule has 0 aliphatic carbocycles. The first-order chi connectivity index (χ1) is 14.3. The number of phenolic OH excluding ortho intramolecular Hbond substituents is 1. The fourth-order valence-corrected chi connectivity index (χ4v) is 2.92. The third-order valence-electron chi connectivity index (χ3n) is 4.32. The van der Waals surface area contributed by atoms with Crippen molar-refractivity contribution in [1.82, 2.24) is 0 Å². The monoisotopic (exact) mass is 418 g/mol. The maximum Gasteiger partial charge on any atom is 0.188 e. The molecule has 160 valence electrons. The number of methoxy groups -OCH3 is 2. The molecule has 7 heteroatoms. The van der Waals surface area contributed by atoms with Gasteiger partial charge in [-0.15, -0.1) is 0 Å². The summed E-state index contributed by atoms with van der Waals surface area (Å²) in [6.45, 7) is 3.75. The summed E-state index contributed by atoms with van der Waals surface area (Å²) in [5.41, 5.74) is 1.50. The molecule has 0 saturated carbocycles. The van der Waals surface area contributed by atoms with Gasteiger partial charge in [0.15, 0.2) is 6.79 Å². The van der Waals surface area contributed by atoms with Gasteiger partial charge in [-0.3, -0.25) is 4.79 Å². The van der Waals surface area contributed by atoms with Crippen LogP contribution >= 0.6 is 0 Å². The number of benzene rings is 2. The van der Waals surface area contributed by atoms with E-state index < -0.39 is 11.6 Å². The van der Waals surface area contributed by atoms with Crippen LogP contribution in [0.2, 0.25) is 0 Å². The molecule has 30 heavy (non-hydrogen) atoms. The zero-order chi connectivity index (χ0) is 22.3. The average Bonchev–Trinajstić information content (AvgIpc) is 2.70. The van der Waals surface area contributed by atoms with E-state index in [4.69, 9.17) is 14.2 Å². The topological polar surface area (TPSA) is 65.0 Å². The highest BCUT2D eigenvalue weighted by Gasteiger charge is 2.24. The van der Waals surface area contributed by atoms with Crippen LogP contribution in [0.3, 0.4) is 0 Å². The maximum absolute atomic E-state index is 14.5. The molecule has 0 aliphatic heterocycles. The summed E-state index contributed by atoms with van der Waals surface area (Å²) in [7, 11) is 2.83. The van der Waals surface area contributed by atoms with Crippen LogP contribution in [0.5, 0.6) is 17.2 Å². The zero-order valence-corrected chi connectivity index (χ0v) is 17.3. The fraction of sp³-hybridized carbons (Fsp3) is 0.261. The molecule has 0 aromatic heterocycles. The van der Waals surface area contributed by atoms with Crippen LogP contribution in [0, 0.1) is 11.6 Å². The minimum absolute atomic E-state index is 0.0496. The Morgan fingerprint density at radius 3 is 2.43 bits per heavy atom. The van der Waals surface area contributed by atoms with E-state index in [1.54, 1.807) is 0 Å². The molecule has 0 spiro atoms. The quantitative estimate of drug-likeness (QED) is 0.274. The average molecular weight is 418 g/mol. The molecule has 2 aromatic carbocycles. The van der Waals surface area contributed by atoms with Gasteiger partial charge in [-0.25, -0.2) is 8.78 Å². The number of hydrogen-bond acceptors (Lipinski definition) is 5. The highest BCUT2D eigenvalue weighted by Crippen LogP contribution is 2.45. The summed E-state index contributed by atoms with van der Waals surface area (Å²) >= 11 is 0. The van der Waals surface area contributed by atoms with Crippen molar-refractivity contribution in [2.45, 2.75) is 20.3 Å². The van der Waals surface area contributed by atoms with E-state index in [1.165, 1.54) is 26.4 Å². The van der Waals surface area contributed by atoms with E-state index in [9.17, 15) is 18.7 Å². The Bertz CT molecular complexity index is 976. The molecule has 1 N–H and O–H groups in total. The first-order valence-corrected chi connectivity index (χ1v) is 9.13. The number of phenols is 1. The highest BCUT2D eigenvalue weighted by molar-refractivity contribution is 5.94. The van der Waals surface area contributed by atoms with Gasteiger partial charge in [0.2, 0.25) is 0 Å². The van der Waals surface area contributed by atoms with Crippen molar-refractivity contribution < 1.29 is 32.9 Å². The molecule has 0 radical (unpaired) electrons. The highest BCUT2D eigenvalue weighted by atomic mass is 19.1. The number of carbonyl (C=O) groups is 1. The first kappa shape index (κ1) is 23.1. The SMILES string of the molecule is COCOc1cc(OC)c(/C(=C/C=O)c2ccc(F)cc2F)c(O)c1CC=C(C)C. The van der Waals surface area contributed by atoms with Crippen molar-refractivity contribution >= 4 is 11.9 Å². The normalized spacial score (nSPS) is 11.2. The van der Waals surface area contributed by atoms with Gasteiger partial charge in [0, 0.05) is 35.9 Å². The van der Waals surface area contributed by atoms with Crippen LogP contribution in [-0.4, -0.2) is 32.4 Å². The lowest BCUT2D eigenvalue weighted by Gasteiger charge is -2.20. The van der Waals surface area contributed by atoms with Crippen LogP contribution in [-0.2, 0) is 16.0 Å². The Balaban J connectivity index is 2.80. The van der Waals surface area contributed by atoms with Crippen molar-refractivity contribution in [1.29, 1.82) is 0 Å². The summed E-state index contributed by atoms with van der Waals surface area (Å²) < 4.78 is 43.8. The van der Waals surface area contributed by atoms with Crippen molar-refractivity contribution in [2.24, 2.45) is 0 Å². The van der Waals surface area contributed by atoms with Gasteiger partial charge in [-0.05, 0) is 38.5 Å². The van der Waals surface area contributed by atoms with Gasteiger partial charge in [0.25, 0.3) is 0 Å². The van der Waals surface area contributed by atoms with E-state index in [0.717, 1.165) is 17.7 Å². The van der Waals surface area contributed by atoms with Crippen molar-refractivity contribution in [3.05, 3.63) is 70.3 Å². The lowest BCUT2D eigenvalue weighted by atomic mass is 9.92. The Morgan fingerprint density at radius 2 is 1.87 bits per heavy atom. The van der Waals surface area contributed by atoms with Crippen molar-refractivity contribution in [3.8, 4) is 17.2 Å². The fourth-order valence-electron chi connectivity index (χ4n) is 2.92. The number of carbonyl (C=O) groups excluding carboxylic acids is 1. The number of ether oxygens (including phenoxy) is 3. The second-order valence-corrected chi connectivity index (χ2v) is 6.66. The van der Waals surface area contributed by atoms with Crippen molar-refractivity contribution in [3.63, 3.8) is 0 Å². The molecule has 0 heterocycles. The summed E-state index contributed by atoms with van der Waals surface area (Å²) in [6, 6.07) is 4.50. The van der Waals surface area contributed by atoms with Crippen LogP contribution in [0.25, 0.3) is 5.57 Å². The van der Waals surface area contributed by atoms with Crippen LogP contribution < -0.4 is 9.47 Å². The van der Waals surface area contributed by atoms with E-state index in [1.807, 2.05) is 19.9 Å².